The number of unbranched alkanes of at least 4 members (excludes halogenated alkanes) is 1. The molecule has 0 aliphatic heterocycles. The van der Waals surface area contributed by atoms with E-state index in [0.717, 1.165) is 27.2 Å². The van der Waals surface area contributed by atoms with Crippen molar-refractivity contribution in [1.82, 2.24) is 4.90 Å². The minimum atomic E-state index is -0.872. The monoisotopic (exact) mass is 701 g/mol. The molecule has 0 aliphatic rings. The quantitative estimate of drug-likeness (QED) is 0.0615. The lowest BCUT2D eigenvalue weighted by Gasteiger charge is -2.27. The van der Waals surface area contributed by atoms with Crippen molar-refractivity contribution in [1.29, 1.82) is 0 Å². The first-order valence-electron chi connectivity index (χ1n) is 17.7. The van der Waals surface area contributed by atoms with Crippen LogP contribution in [0, 0.1) is 5.92 Å². The van der Waals surface area contributed by atoms with Gasteiger partial charge in [0.25, 0.3) is 0 Å². The Morgan fingerprint density at radius 2 is 0.962 bits per heavy atom. The summed E-state index contributed by atoms with van der Waals surface area (Å²) in [6.45, 7) is 9.14. The van der Waals surface area contributed by atoms with Gasteiger partial charge in [0, 0.05) is 17.4 Å². The van der Waals surface area contributed by atoms with E-state index in [1.807, 2.05) is 60.7 Å². The number of nitrogens with zero attached hydrogens (tertiary/aromatic N) is 3. The number of aliphatic imine (C=N–C) groups is 2. The average molecular weight is 702 g/mol. The molecule has 1 unspecified atom stereocenters. The molecule has 4 rings (SSSR count). The Kier molecular flexibility index (Phi) is 14.4. The number of rotatable bonds is 17. The van der Waals surface area contributed by atoms with Gasteiger partial charge in [-0.25, -0.2) is 34.1 Å². The molecule has 0 aliphatic carbocycles. The number of isocyanates is 2. The zero-order chi connectivity index (χ0) is 37.4. The maximum atomic E-state index is 13.8. The number of carbonyl (C=O) groups excluding carboxylic acids is 4. The van der Waals surface area contributed by atoms with Crippen molar-refractivity contribution in [3.05, 3.63) is 131 Å². The number of amides is 2. The zero-order valence-electron chi connectivity index (χ0n) is 30.4. The molecule has 0 heterocycles. The molecule has 0 bridgehead atoms. The van der Waals surface area contributed by atoms with Crippen LogP contribution in [-0.2, 0) is 20.4 Å². The molecule has 0 radical (unpaired) electrons. The van der Waals surface area contributed by atoms with Crippen molar-refractivity contribution in [3.63, 3.8) is 0 Å². The average Bonchev–Trinajstić information content (AvgIpc) is 3.16. The Morgan fingerprint density at radius 3 is 1.38 bits per heavy atom. The number of imide groups is 1. The van der Waals surface area contributed by atoms with Crippen LogP contribution in [0.4, 0.5) is 9.59 Å². The van der Waals surface area contributed by atoms with Gasteiger partial charge in [-0.05, 0) is 78.1 Å². The van der Waals surface area contributed by atoms with Crippen molar-refractivity contribution in [2.24, 2.45) is 15.9 Å². The molecular weight excluding hydrogens is 654 g/mol. The highest BCUT2D eigenvalue weighted by molar-refractivity contribution is 5.90. The lowest BCUT2D eigenvalue weighted by Crippen LogP contribution is -2.43. The molecule has 52 heavy (non-hydrogen) atoms. The largest absolute Gasteiger partial charge is 0.424 e. The summed E-state index contributed by atoms with van der Waals surface area (Å²) in [4.78, 5) is 57.0. The van der Waals surface area contributed by atoms with E-state index >= 15 is 0 Å². The fourth-order valence-electron chi connectivity index (χ4n) is 6.22. The fraction of sp³-hybridized carbons (Fsp3) is 0.349. The predicted octanol–water partition coefficient (Wildman–Crippen LogP) is 9.58. The van der Waals surface area contributed by atoms with Gasteiger partial charge in [0.05, 0.1) is 13.1 Å². The third-order valence-electron chi connectivity index (χ3n) is 9.58. The maximum Gasteiger partial charge on any atom is 0.424 e. The second-order valence-electron chi connectivity index (χ2n) is 13.8. The topological polar surface area (TPSA) is 115 Å². The molecule has 0 aromatic heterocycles. The first-order chi connectivity index (χ1) is 25.1. The summed E-state index contributed by atoms with van der Waals surface area (Å²) in [5.41, 5.74) is 3.78. The Balaban J connectivity index is 1.55. The molecule has 4 aromatic carbocycles. The minimum Gasteiger partial charge on any atom is -0.410 e. The third-order valence-corrected chi connectivity index (χ3v) is 9.58. The zero-order valence-corrected chi connectivity index (χ0v) is 30.4. The number of hydrogen-bond acceptors (Lipinski definition) is 8. The van der Waals surface area contributed by atoms with Gasteiger partial charge in [0.15, 0.2) is 0 Å². The molecule has 0 saturated heterocycles. The van der Waals surface area contributed by atoms with Gasteiger partial charge in [-0.3, -0.25) is 0 Å². The van der Waals surface area contributed by atoms with Crippen molar-refractivity contribution >= 4 is 24.3 Å². The number of hydrogen-bond donors (Lipinski definition) is 0. The Hall–Kier alpha value is -5.62. The predicted molar refractivity (Wildman–Crippen MR) is 201 cm³/mol. The highest BCUT2D eigenvalue weighted by Gasteiger charge is 2.30. The summed E-state index contributed by atoms with van der Waals surface area (Å²) in [7, 11) is 0. The van der Waals surface area contributed by atoms with Gasteiger partial charge >= 0.3 is 12.2 Å². The summed E-state index contributed by atoms with van der Waals surface area (Å²) in [5, 5.41) is 0. The van der Waals surface area contributed by atoms with Gasteiger partial charge in [0.2, 0.25) is 12.2 Å². The molecule has 2 amide bonds. The second-order valence-corrected chi connectivity index (χ2v) is 13.8. The van der Waals surface area contributed by atoms with Crippen LogP contribution in [0.5, 0.6) is 11.5 Å². The first-order valence-corrected chi connectivity index (χ1v) is 17.7. The normalized spacial score (nSPS) is 11.8. The van der Waals surface area contributed by atoms with E-state index in [0.29, 0.717) is 38.6 Å². The molecular formula is C43H47N3O6. The molecule has 0 saturated carbocycles. The third kappa shape index (κ3) is 10.9. The highest BCUT2D eigenvalue weighted by atomic mass is 16.6. The molecule has 0 N–H and O–H groups in total. The molecule has 9 nitrogen and oxygen atoms in total. The molecule has 1 atom stereocenters. The van der Waals surface area contributed by atoms with Crippen molar-refractivity contribution in [2.45, 2.75) is 70.6 Å². The van der Waals surface area contributed by atoms with Crippen molar-refractivity contribution in [3.8, 4) is 11.5 Å². The molecule has 0 spiro atoms. The summed E-state index contributed by atoms with van der Waals surface area (Å²) < 4.78 is 11.6. The smallest absolute Gasteiger partial charge is 0.410 e. The number of ether oxygens (including phenoxy) is 2. The van der Waals surface area contributed by atoms with Gasteiger partial charge < -0.3 is 9.47 Å². The fourth-order valence-corrected chi connectivity index (χ4v) is 6.22. The summed E-state index contributed by atoms with van der Waals surface area (Å²) in [5.74, 6) is 0.406. The lowest BCUT2D eigenvalue weighted by molar-refractivity contribution is 0.122. The molecule has 270 valence electrons. The molecule has 4 aromatic rings. The van der Waals surface area contributed by atoms with E-state index in [-0.39, 0.29) is 41.3 Å². The minimum absolute atomic E-state index is 0.0116. The molecule has 9 heteroatoms. The van der Waals surface area contributed by atoms with Crippen LogP contribution in [-0.4, -0.2) is 48.9 Å². The van der Waals surface area contributed by atoms with E-state index in [9.17, 15) is 19.2 Å². The van der Waals surface area contributed by atoms with Gasteiger partial charge in [-0.15, -0.1) is 0 Å². The Bertz CT molecular complexity index is 1720. The lowest BCUT2D eigenvalue weighted by atomic mass is 9.78. The molecule has 0 fully saturated rings. The summed E-state index contributed by atoms with van der Waals surface area (Å²) >= 11 is 0. The van der Waals surface area contributed by atoms with E-state index in [2.05, 4.69) is 61.9 Å². The summed E-state index contributed by atoms with van der Waals surface area (Å²) in [6.07, 6.45) is 4.46. The van der Waals surface area contributed by atoms with Crippen LogP contribution in [0.2, 0.25) is 0 Å². The maximum absolute atomic E-state index is 13.8. The van der Waals surface area contributed by atoms with E-state index in [4.69, 9.17) is 9.47 Å². The van der Waals surface area contributed by atoms with Gasteiger partial charge in [-0.2, -0.15) is 0 Å². The SMILES string of the molecule is CC(C)(c1ccccc1)c1ccc(OC(=O)N(CC(CCCCN=C=O)CCCN=C=O)C(=O)Oc2ccc(C(C)(C)c3ccccc3)cc2)cc1. The van der Waals surface area contributed by atoms with Crippen LogP contribution in [0.3, 0.4) is 0 Å². The van der Waals surface area contributed by atoms with Crippen LogP contribution < -0.4 is 9.47 Å². The van der Waals surface area contributed by atoms with Gasteiger partial charge in [0.1, 0.15) is 11.5 Å². The van der Waals surface area contributed by atoms with Crippen LogP contribution >= 0.6 is 0 Å². The van der Waals surface area contributed by atoms with Crippen LogP contribution in [0.25, 0.3) is 0 Å². The number of carbonyl (C=O) groups is 2. The van der Waals surface area contributed by atoms with E-state index in [1.54, 1.807) is 36.4 Å². The number of benzene rings is 4. The van der Waals surface area contributed by atoms with E-state index < -0.39 is 12.2 Å². The standard InChI is InChI=1S/C43H47N3O6/c1-42(2,34-16-7-5-8-17-34)36-20-24-38(25-21-36)51-40(49)46(30-33(15-13-29-45-32-48)14-11-12-28-44-31-47)41(50)52-39-26-22-37(23-27-39)43(3,4)35-18-9-6-10-19-35/h5-10,16-27,33H,11-15,28-30H2,1-4H3. The first kappa shape index (κ1) is 39.2. The van der Waals surface area contributed by atoms with Gasteiger partial charge in [-0.1, -0.05) is 119 Å². The Morgan fingerprint density at radius 1 is 0.577 bits per heavy atom. The van der Waals surface area contributed by atoms with E-state index in [1.165, 1.54) is 0 Å². The van der Waals surface area contributed by atoms with Crippen LogP contribution in [0.15, 0.2) is 119 Å². The van der Waals surface area contributed by atoms with Crippen molar-refractivity contribution in [2.75, 3.05) is 19.6 Å². The second kappa shape index (κ2) is 19.1. The Labute approximate surface area is 306 Å². The van der Waals surface area contributed by atoms with Crippen molar-refractivity contribution < 1.29 is 28.7 Å². The highest BCUT2D eigenvalue weighted by Crippen LogP contribution is 2.34. The summed E-state index contributed by atoms with van der Waals surface area (Å²) in [6, 6.07) is 34.8. The van der Waals surface area contributed by atoms with Crippen LogP contribution in [0.1, 0.15) is 82.1 Å².